The predicted molar refractivity (Wildman–Crippen MR) is 92.6 cm³/mol. The molecule has 2 aromatic rings. The van der Waals surface area contributed by atoms with Crippen molar-refractivity contribution in [2.45, 2.75) is 26.9 Å². The molecule has 0 aromatic heterocycles. The van der Waals surface area contributed by atoms with E-state index in [2.05, 4.69) is 36.9 Å². The summed E-state index contributed by atoms with van der Waals surface area (Å²) < 4.78 is 10.8. The third kappa shape index (κ3) is 2.86. The van der Waals surface area contributed by atoms with Crippen molar-refractivity contribution in [3.63, 3.8) is 0 Å². The number of nitrogens with zero attached hydrogens (tertiary/aromatic N) is 1. The van der Waals surface area contributed by atoms with E-state index in [9.17, 15) is 0 Å². The van der Waals surface area contributed by atoms with Crippen molar-refractivity contribution in [3.8, 4) is 11.5 Å². The minimum atomic E-state index is 0. The fourth-order valence-electron chi connectivity index (χ4n) is 2.91. The number of halogens is 1. The van der Waals surface area contributed by atoms with Gasteiger partial charge in [0.25, 0.3) is 0 Å². The Morgan fingerprint density at radius 2 is 1.45 bits per heavy atom. The van der Waals surface area contributed by atoms with E-state index >= 15 is 0 Å². The van der Waals surface area contributed by atoms with Crippen LogP contribution in [0.2, 0.25) is 0 Å². The minimum absolute atomic E-state index is 0. The average molecular weight is 320 g/mol. The Balaban J connectivity index is 0.00000176. The van der Waals surface area contributed by atoms with Gasteiger partial charge in [-0.25, -0.2) is 0 Å². The molecule has 0 radical (unpaired) electrons. The van der Waals surface area contributed by atoms with Crippen LogP contribution in [-0.4, -0.2) is 14.2 Å². The van der Waals surface area contributed by atoms with Crippen molar-refractivity contribution in [2.75, 3.05) is 19.1 Å². The molecule has 0 saturated heterocycles. The van der Waals surface area contributed by atoms with Crippen molar-refractivity contribution in [1.82, 2.24) is 0 Å². The van der Waals surface area contributed by atoms with E-state index in [0.29, 0.717) is 0 Å². The summed E-state index contributed by atoms with van der Waals surface area (Å²) in [4.78, 5) is 2.35. The van der Waals surface area contributed by atoms with Gasteiger partial charge in [-0.2, -0.15) is 0 Å². The molecule has 1 aliphatic rings. The van der Waals surface area contributed by atoms with Crippen LogP contribution in [0.5, 0.6) is 11.5 Å². The van der Waals surface area contributed by atoms with Gasteiger partial charge in [-0.1, -0.05) is 12.1 Å². The number of rotatable bonds is 3. The summed E-state index contributed by atoms with van der Waals surface area (Å²) in [7, 11) is 3.38. The third-order valence-corrected chi connectivity index (χ3v) is 4.27. The minimum Gasteiger partial charge on any atom is -0.497 e. The van der Waals surface area contributed by atoms with E-state index in [1.54, 1.807) is 14.2 Å². The highest BCUT2D eigenvalue weighted by molar-refractivity contribution is 5.85. The maximum Gasteiger partial charge on any atom is 0.145 e. The van der Waals surface area contributed by atoms with Crippen molar-refractivity contribution < 1.29 is 9.47 Å². The van der Waals surface area contributed by atoms with Gasteiger partial charge in [-0.15, -0.1) is 12.4 Å². The lowest BCUT2D eigenvalue weighted by atomic mass is 10.0. The molecule has 4 heteroatoms. The number of benzene rings is 2. The Labute approximate surface area is 138 Å². The van der Waals surface area contributed by atoms with Crippen LogP contribution < -0.4 is 14.4 Å². The first kappa shape index (κ1) is 16.5. The van der Waals surface area contributed by atoms with Gasteiger partial charge in [0.05, 0.1) is 19.9 Å². The molecule has 1 aliphatic heterocycles. The number of methoxy groups -OCH3 is 2. The van der Waals surface area contributed by atoms with E-state index < -0.39 is 0 Å². The normalized spacial score (nSPS) is 12.6. The molecule has 22 heavy (non-hydrogen) atoms. The van der Waals surface area contributed by atoms with Gasteiger partial charge < -0.3 is 14.4 Å². The Hall–Kier alpha value is -1.87. The molecule has 0 atom stereocenters. The number of hydrogen-bond donors (Lipinski definition) is 0. The highest BCUT2D eigenvalue weighted by atomic mass is 35.5. The predicted octanol–water partition coefficient (Wildman–Crippen LogP) is 4.26. The Kier molecular flexibility index (Phi) is 4.87. The highest BCUT2D eigenvalue weighted by Gasteiger charge is 2.22. The maximum atomic E-state index is 5.52. The lowest BCUT2D eigenvalue weighted by molar-refractivity contribution is 0.394. The molecule has 0 amide bonds. The zero-order valence-corrected chi connectivity index (χ0v) is 14.3. The van der Waals surface area contributed by atoms with Gasteiger partial charge in [-0.3, -0.25) is 0 Å². The van der Waals surface area contributed by atoms with E-state index in [1.807, 2.05) is 12.1 Å². The SMILES string of the molecule is COc1ccc(N2Cc3cc(C)c(C)cc3C2)c(OC)c1.Cl. The Morgan fingerprint density at radius 3 is 1.95 bits per heavy atom. The number of ether oxygens (including phenoxy) is 2. The van der Waals surface area contributed by atoms with E-state index in [4.69, 9.17) is 9.47 Å². The molecule has 0 aliphatic carbocycles. The topological polar surface area (TPSA) is 21.7 Å². The van der Waals surface area contributed by atoms with Crippen LogP contribution in [0.25, 0.3) is 0 Å². The summed E-state index contributed by atoms with van der Waals surface area (Å²) in [6.45, 7) is 6.21. The van der Waals surface area contributed by atoms with Crippen molar-refractivity contribution in [2.24, 2.45) is 0 Å². The largest absolute Gasteiger partial charge is 0.497 e. The molecule has 0 fully saturated rings. The van der Waals surface area contributed by atoms with Crippen LogP contribution in [0.15, 0.2) is 30.3 Å². The smallest absolute Gasteiger partial charge is 0.145 e. The van der Waals surface area contributed by atoms with Crippen LogP contribution in [0, 0.1) is 13.8 Å². The fraction of sp³-hybridized carbons (Fsp3) is 0.333. The summed E-state index contributed by atoms with van der Waals surface area (Å²) in [5.74, 6) is 1.68. The Bertz CT molecular complexity index is 654. The van der Waals surface area contributed by atoms with Gasteiger partial charge in [0.1, 0.15) is 11.5 Å². The van der Waals surface area contributed by atoms with Crippen LogP contribution >= 0.6 is 12.4 Å². The number of anilines is 1. The number of aryl methyl sites for hydroxylation is 2. The molecule has 2 aromatic carbocycles. The number of hydrogen-bond acceptors (Lipinski definition) is 3. The fourth-order valence-corrected chi connectivity index (χ4v) is 2.91. The second-order valence-corrected chi connectivity index (χ2v) is 5.60. The van der Waals surface area contributed by atoms with Gasteiger partial charge >= 0.3 is 0 Å². The quantitative estimate of drug-likeness (QED) is 0.843. The van der Waals surface area contributed by atoms with E-state index in [0.717, 1.165) is 30.3 Å². The summed E-state index contributed by atoms with van der Waals surface area (Å²) >= 11 is 0. The van der Waals surface area contributed by atoms with Crippen LogP contribution in [0.1, 0.15) is 22.3 Å². The highest BCUT2D eigenvalue weighted by Crippen LogP contribution is 2.37. The maximum absolute atomic E-state index is 5.52. The molecule has 0 N–H and O–H groups in total. The molecule has 3 rings (SSSR count). The first-order valence-electron chi connectivity index (χ1n) is 7.18. The first-order chi connectivity index (χ1) is 10.1. The summed E-state index contributed by atoms with van der Waals surface area (Å²) in [5, 5.41) is 0. The molecule has 0 spiro atoms. The molecule has 0 unspecified atom stereocenters. The molecule has 3 nitrogen and oxygen atoms in total. The summed E-state index contributed by atoms with van der Waals surface area (Å²) in [5.41, 5.74) is 6.66. The van der Waals surface area contributed by atoms with Gasteiger partial charge in [0.2, 0.25) is 0 Å². The summed E-state index contributed by atoms with van der Waals surface area (Å²) in [6, 6.07) is 10.6. The second kappa shape index (κ2) is 6.49. The van der Waals surface area contributed by atoms with E-state index in [1.165, 1.54) is 22.3 Å². The third-order valence-electron chi connectivity index (χ3n) is 4.27. The zero-order valence-electron chi connectivity index (χ0n) is 13.5. The lowest BCUT2D eigenvalue weighted by Gasteiger charge is -2.21. The van der Waals surface area contributed by atoms with Crippen molar-refractivity contribution in [3.05, 3.63) is 52.6 Å². The first-order valence-corrected chi connectivity index (χ1v) is 7.18. The Morgan fingerprint density at radius 1 is 0.864 bits per heavy atom. The zero-order chi connectivity index (χ0) is 15.0. The molecule has 118 valence electrons. The molecular formula is C18H22ClNO2. The van der Waals surface area contributed by atoms with Gasteiger partial charge in [0.15, 0.2) is 0 Å². The van der Waals surface area contributed by atoms with Gasteiger partial charge in [0, 0.05) is 19.2 Å². The monoisotopic (exact) mass is 319 g/mol. The second-order valence-electron chi connectivity index (χ2n) is 5.60. The molecule has 0 bridgehead atoms. The summed E-state index contributed by atoms with van der Waals surface area (Å²) in [6.07, 6.45) is 0. The number of fused-ring (bicyclic) bond motifs is 1. The average Bonchev–Trinajstić information content (AvgIpc) is 2.89. The van der Waals surface area contributed by atoms with E-state index in [-0.39, 0.29) is 12.4 Å². The molecule has 0 saturated carbocycles. The standard InChI is InChI=1S/C18H21NO2.ClH/c1-12-7-14-10-19(11-15(14)8-13(12)2)17-6-5-16(20-3)9-18(17)21-4;/h5-9H,10-11H2,1-4H3;1H. The van der Waals surface area contributed by atoms with Crippen molar-refractivity contribution >= 4 is 18.1 Å². The van der Waals surface area contributed by atoms with Gasteiger partial charge in [-0.05, 0) is 48.2 Å². The molecular weight excluding hydrogens is 298 g/mol. The van der Waals surface area contributed by atoms with Crippen LogP contribution in [-0.2, 0) is 13.1 Å². The van der Waals surface area contributed by atoms with Crippen molar-refractivity contribution in [1.29, 1.82) is 0 Å². The van der Waals surface area contributed by atoms with Crippen LogP contribution in [0.3, 0.4) is 0 Å². The molecule has 1 heterocycles. The lowest BCUT2D eigenvalue weighted by Crippen LogP contribution is -2.15. The van der Waals surface area contributed by atoms with Crippen LogP contribution in [0.4, 0.5) is 5.69 Å².